The minimum absolute atomic E-state index is 0.0972. The Balaban J connectivity index is 0. The van der Waals surface area contributed by atoms with Gasteiger partial charge in [-0.25, -0.2) is 9.78 Å². The second-order valence-corrected chi connectivity index (χ2v) is 1.97. The van der Waals surface area contributed by atoms with E-state index in [0.717, 1.165) is 5.69 Å². The van der Waals surface area contributed by atoms with Crippen molar-refractivity contribution in [2.45, 2.75) is 34.6 Å². The number of aromatic carboxylic acids is 1. The van der Waals surface area contributed by atoms with Crippen LogP contribution in [-0.2, 0) is 0 Å². The molecule has 0 amide bonds. The maximum Gasteiger partial charge on any atom is 0.354 e. The molecule has 0 aliphatic carbocycles. The molecule has 1 rings (SSSR count). The molecule has 0 unspecified atom stereocenters. The largest absolute Gasteiger partial charge is 0.477 e. The number of aryl methyl sites for hydroxylation is 1. The van der Waals surface area contributed by atoms with Gasteiger partial charge in [0.15, 0.2) is 0 Å². The van der Waals surface area contributed by atoms with Gasteiger partial charge in [0.05, 0.1) is 0 Å². The van der Waals surface area contributed by atoms with E-state index in [1.165, 1.54) is 6.07 Å². The summed E-state index contributed by atoms with van der Waals surface area (Å²) < 4.78 is 0. The zero-order valence-electron chi connectivity index (χ0n) is 9.53. The third-order valence-electron chi connectivity index (χ3n) is 1.11. The zero-order valence-corrected chi connectivity index (χ0v) is 9.53. The number of hydrogen-bond donors (Lipinski definition) is 1. The van der Waals surface area contributed by atoms with Crippen molar-refractivity contribution in [1.82, 2.24) is 4.98 Å². The number of aromatic nitrogens is 1. The maximum absolute atomic E-state index is 10.3. The van der Waals surface area contributed by atoms with Gasteiger partial charge in [0.25, 0.3) is 0 Å². The number of carbonyl (C=O) groups is 1. The SMILES string of the molecule is CC.CC.Cc1cccc(C(=O)O)n1. The average Bonchev–Trinajstić information content (AvgIpc) is 2.24. The highest BCUT2D eigenvalue weighted by atomic mass is 16.4. The standard InChI is InChI=1S/C7H7NO2.2C2H6/c1-5-3-2-4-6(8-5)7(9)10;2*1-2/h2-4H,1H3,(H,9,10);2*1-2H3. The fourth-order valence-corrected chi connectivity index (χ4v) is 0.662. The lowest BCUT2D eigenvalue weighted by Crippen LogP contribution is -1.99. The van der Waals surface area contributed by atoms with E-state index in [0.29, 0.717) is 0 Å². The summed E-state index contributed by atoms with van der Waals surface area (Å²) >= 11 is 0. The van der Waals surface area contributed by atoms with Gasteiger partial charge < -0.3 is 5.11 Å². The van der Waals surface area contributed by atoms with Crippen molar-refractivity contribution in [3.05, 3.63) is 29.6 Å². The van der Waals surface area contributed by atoms with E-state index in [4.69, 9.17) is 5.11 Å². The van der Waals surface area contributed by atoms with E-state index in [9.17, 15) is 4.79 Å². The first-order valence-corrected chi connectivity index (χ1v) is 4.87. The fraction of sp³-hybridized carbons (Fsp3) is 0.455. The quantitative estimate of drug-likeness (QED) is 0.752. The minimum atomic E-state index is -0.983. The summed E-state index contributed by atoms with van der Waals surface area (Å²) in [6.45, 7) is 9.76. The van der Waals surface area contributed by atoms with E-state index >= 15 is 0 Å². The number of hydrogen-bond acceptors (Lipinski definition) is 2. The van der Waals surface area contributed by atoms with Crippen LogP contribution < -0.4 is 0 Å². The van der Waals surface area contributed by atoms with Gasteiger partial charge in [-0.2, -0.15) is 0 Å². The average molecular weight is 197 g/mol. The molecule has 1 N–H and O–H groups in total. The van der Waals surface area contributed by atoms with Gasteiger partial charge in [-0.15, -0.1) is 0 Å². The van der Waals surface area contributed by atoms with E-state index < -0.39 is 5.97 Å². The molecular weight excluding hydrogens is 178 g/mol. The van der Waals surface area contributed by atoms with Crippen LogP contribution in [0.3, 0.4) is 0 Å². The van der Waals surface area contributed by atoms with Gasteiger partial charge in [0.2, 0.25) is 0 Å². The Morgan fingerprint density at radius 2 is 1.71 bits per heavy atom. The van der Waals surface area contributed by atoms with Crippen LogP contribution in [0.1, 0.15) is 43.9 Å². The second kappa shape index (κ2) is 9.71. The number of rotatable bonds is 1. The predicted molar refractivity (Wildman–Crippen MR) is 58.6 cm³/mol. The van der Waals surface area contributed by atoms with Crippen molar-refractivity contribution in [3.63, 3.8) is 0 Å². The first kappa shape index (κ1) is 15.1. The smallest absolute Gasteiger partial charge is 0.354 e. The van der Waals surface area contributed by atoms with Crippen LogP contribution in [-0.4, -0.2) is 16.1 Å². The minimum Gasteiger partial charge on any atom is -0.477 e. The van der Waals surface area contributed by atoms with Crippen molar-refractivity contribution >= 4 is 5.97 Å². The molecule has 0 aliphatic heterocycles. The molecule has 0 atom stereocenters. The number of pyridine rings is 1. The lowest BCUT2D eigenvalue weighted by Gasteiger charge is -1.92. The molecule has 14 heavy (non-hydrogen) atoms. The van der Waals surface area contributed by atoms with Crippen LogP contribution >= 0.6 is 0 Å². The molecule has 0 radical (unpaired) electrons. The highest BCUT2D eigenvalue weighted by Crippen LogP contribution is 1.96. The molecule has 1 heterocycles. The van der Waals surface area contributed by atoms with Crippen molar-refractivity contribution in [3.8, 4) is 0 Å². The molecule has 3 nitrogen and oxygen atoms in total. The highest BCUT2D eigenvalue weighted by Gasteiger charge is 2.01. The third-order valence-corrected chi connectivity index (χ3v) is 1.11. The Bertz CT molecular complexity index is 259. The van der Waals surface area contributed by atoms with E-state index in [1.807, 2.05) is 27.7 Å². The maximum atomic E-state index is 10.3. The Morgan fingerprint density at radius 3 is 2.00 bits per heavy atom. The predicted octanol–water partition coefficient (Wildman–Crippen LogP) is 3.14. The fourth-order valence-electron chi connectivity index (χ4n) is 0.662. The van der Waals surface area contributed by atoms with Gasteiger partial charge in [-0.1, -0.05) is 33.8 Å². The lowest BCUT2D eigenvalue weighted by atomic mass is 10.3. The number of carboxylic acid groups (broad SMARTS) is 1. The molecule has 80 valence electrons. The molecule has 0 aromatic carbocycles. The monoisotopic (exact) mass is 197 g/mol. The second-order valence-electron chi connectivity index (χ2n) is 1.97. The van der Waals surface area contributed by atoms with E-state index in [2.05, 4.69) is 4.98 Å². The molecule has 1 aromatic heterocycles. The first-order valence-electron chi connectivity index (χ1n) is 4.87. The summed E-state index contributed by atoms with van der Waals surface area (Å²) in [5.41, 5.74) is 0.819. The van der Waals surface area contributed by atoms with Gasteiger partial charge in [-0.05, 0) is 19.1 Å². The Morgan fingerprint density at radius 1 is 1.21 bits per heavy atom. The van der Waals surface area contributed by atoms with Crippen LogP contribution in [0.2, 0.25) is 0 Å². The number of carboxylic acids is 1. The normalized spacial score (nSPS) is 7.50. The van der Waals surface area contributed by atoms with Crippen LogP contribution in [0.5, 0.6) is 0 Å². The third kappa shape index (κ3) is 6.17. The molecular formula is C11H19NO2. The van der Waals surface area contributed by atoms with E-state index in [1.54, 1.807) is 19.1 Å². The Labute approximate surface area is 85.8 Å². The summed E-state index contributed by atoms with van der Waals surface area (Å²) in [6.07, 6.45) is 0. The van der Waals surface area contributed by atoms with Crippen molar-refractivity contribution in [1.29, 1.82) is 0 Å². The van der Waals surface area contributed by atoms with Gasteiger partial charge in [-0.3, -0.25) is 0 Å². The van der Waals surface area contributed by atoms with Gasteiger partial charge in [0, 0.05) is 5.69 Å². The van der Waals surface area contributed by atoms with Crippen molar-refractivity contribution < 1.29 is 9.90 Å². The summed E-state index contributed by atoms with van der Waals surface area (Å²) in [4.78, 5) is 14.1. The van der Waals surface area contributed by atoms with Gasteiger partial charge >= 0.3 is 5.97 Å². The summed E-state index contributed by atoms with van der Waals surface area (Å²) in [6, 6.07) is 4.90. The van der Waals surface area contributed by atoms with Crippen LogP contribution in [0, 0.1) is 6.92 Å². The lowest BCUT2D eigenvalue weighted by molar-refractivity contribution is 0.0690. The summed E-state index contributed by atoms with van der Waals surface area (Å²) in [5.74, 6) is -0.983. The van der Waals surface area contributed by atoms with Gasteiger partial charge in [0.1, 0.15) is 5.69 Å². The zero-order chi connectivity index (χ0) is 11.6. The topological polar surface area (TPSA) is 50.2 Å². The molecule has 1 aromatic rings. The van der Waals surface area contributed by atoms with Crippen LogP contribution in [0.4, 0.5) is 0 Å². The van der Waals surface area contributed by atoms with Crippen molar-refractivity contribution in [2.24, 2.45) is 0 Å². The summed E-state index contributed by atoms with van der Waals surface area (Å²) in [5, 5.41) is 8.45. The van der Waals surface area contributed by atoms with Crippen LogP contribution in [0.25, 0.3) is 0 Å². The van der Waals surface area contributed by atoms with Crippen molar-refractivity contribution in [2.75, 3.05) is 0 Å². The molecule has 0 fully saturated rings. The Hall–Kier alpha value is -1.38. The molecule has 0 spiro atoms. The first-order chi connectivity index (χ1) is 6.70. The van der Waals surface area contributed by atoms with E-state index in [-0.39, 0.29) is 5.69 Å². The Kier molecular flexibility index (Phi) is 10.5. The molecule has 3 heteroatoms. The molecule has 0 saturated heterocycles. The van der Waals surface area contributed by atoms with Crippen LogP contribution in [0.15, 0.2) is 18.2 Å². The molecule has 0 aliphatic rings. The number of nitrogens with zero attached hydrogens (tertiary/aromatic N) is 1. The molecule has 0 bridgehead atoms. The summed E-state index contributed by atoms with van der Waals surface area (Å²) in [7, 11) is 0. The highest BCUT2D eigenvalue weighted by molar-refractivity contribution is 5.85. The molecule has 0 saturated carbocycles.